The maximum atomic E-state index is 5.80. The van der Waals surface area contributed by atoms with Gasteiger partial charge in [-0.15, -0.1) is 0 Å². The molecule has 0 aliphatic carbocycles. The van der Waals surface area contributed by atoms with Crippen LogP contribution >= 0.6 is 0 Å². The van der Waals surface area contributed by atoms with Gasteiger partial charge in [-0.3, -0.25) is 0 Å². The third-order valence-electron chi connectivity index (χ3n) is 3.49. The van der Waals surface area contributed by atoms with Gasteiger partial charge in [-0.05, 0) is 45.2 Å². The van der Waals surface area contributed by atoms with Crippen molar-refractivity contribution in [1.29, 1.82) is 0 Å². The van der Waals surface area contributed by atoms with Crippen LogP contribution in [0.1, 0.15) is 31.7 Å². The van der Waals surface area contributed by atoms with Gasteiger partial charge >= 0.3 is 0 Å². The Morgan fingerprint density at radius 2 is 2.05 bits per heavy atom. The zero-order valence-electron chi connectivity index (χ0n) is 12.0. The summed E-state index contributed by atoms with van der Waals surface area (Å²) < 4.78 is 11.3. The molecule has 2 unspecified atom stereocenters. The second-order valence-corrected chi connectivity index (χ2v) is 5.43. The van der Waals surface area contributed by atoms with Crippen LogP contribution < -0.4 is 10.1 Å². The van der Waals surface area contributed by atoms with Gasteiger partial charge in [0.05, 0.1) is 0 Å². The first-order valence-corrected chi connectivity index (χ1v) is 7.27. The van der Waals surface area contributed by atoms with Gasteiger partial charge in [0.1, 0.15) is 12.4 Å². The zero-order chi connectivity index (χ0) is 13.5. The molecular weight excluding hydrogens is 238 g/mol. The van der Waals surface area contributed by atoms with Gasteiger partial charge in [0, 0.05) is 25.3 Å². The van der Waals surface area contributed by atoms with Gasteiger partial charge in [0.25, 0.3) is 0 Å². The molecule has 3 nitrogen and oxygen atoms in total. The molecule has 1 heterocycles. The number of hydrogen-bond acceptors (Lipinski definition) is 3. The molecule has 1 saturated heterocycles. The molecule has 0 spiro atoms. The number of benzene rings is 1. The lowest BCUT2D eigenvalue weighted by Gasteiger charge is -2.21. The summed E-state index contributed by atoms with van der Waals surface area (Å²) >= 11 is 0. The first kappa shape index (κ1) is 14.4. The minimum absolute atomic E-state index is 0.365. The lowest BCUT2D eigenvalue weighted by Crippen LogP contribution is -2.40. The van der Waals surface area contributed by atoms with E-state index in [0.29, 0.717) is 18.7 Å². The summed E-state index contributed by atoms with van der Waals surface area (Å²) in [6, 6.07) is 9.15. The Hall–Kier alpha value is -1.06. The second-order valence-electron chi connectivity index (χ2n) is 5.43. The van der Waals surface area contributed by atoms with E-state index in [-0.39, 0.29) is 0 Å². The van der Waals surface area contributed by atoms with Crippen molar-refractivity contribution >= 4 is 0 Å². The summed E-state index contributed by atoms with van der Waals surface area (Å²) in [5.74, 6) is 0.948. The lowest BCUT2D eigenvalue weighted by atomic mass is 10.1. The lowest BCUT2D eigenvalue weighted by molar-refractivity contribution is 0.142. The van der Waals surface area contributed by atoms with E-state index >= 15 is 0 Å². The summed E-state index contributed by atoms with van der Waals surface area (Å²) in [5, 5.41) is 3.64. The van der Waals surface area contributed by atoms with Gasteiger partial charge in [0.2, 0.25) is 0 Å². The van der Waals surface area contributed by atoms with Crippen molar-refractivity contribution in [3.8, 4) is 5.75 Å². The molecule has 1 fully saturated rings. The van der Waals surface area contributed by atoms with Crippen LogP contribution in [0.2, 0.25) is 0 Å². The van der Waals surface area contributed by atoms with E-state index in [1.54, 1.807) is 0 Å². The molecule has 1 N–H and O–H groups in total. The van der Waals surface area contributed by atoms with Crippen LogP contribution in [0.15, 0.2) is 24.3 Å². The third-order valence-corrected chi connectivity index (χ3v) is 3.49. The summed E-state index contributed by atoms with van der Waals surface area (Å²) in [6.07, 6.45) is 3.47. The van der Waals surface area contributed by atoms with Crippen molar-refractivity contribution in [3.63, 3.8) is 0 Å². The highest BCUT2D eigenvalue weighted by molar-refractivity contribution is 5.26. The molecule has 0 bridgehead atoms. The average molecular weight is 263 g/mol. The SMILES string of the molecule is Cc1ccc(OCC(C)NC2CCCOCC2)cc1. The minimum atomic E-state index is 0.365. The number of rotatable bonds is 5. The fourth-order valence-electron chi connectivity index (χ4n) is 2.38. The van der Waals surface area contributed by atoms with Crippen LogP contribution in [0.4, 0.5) is 0 Å². The first-order valence-electron chi connectivity index (χ1n) is 7.27. The van der Waals surface area contributed by atoms with Crippen molar-refractivity contribution in [3.05, 3.63) is 29.8 Å². The van der Waals surface area contributed by atoms with E-state index in [4.69, 9.17) is 9.47 Å². The Morgan fingerprint density at radius 1 is 1.26 bits per heavy atom. The molecule has 19 heavy (non-hydrogen) atoms. The van der Waals surface area contributed by atoms with E-state index in [2.05, 4.69) is 31.3 Å². The number of aryl methyl sites for hydroxylation is 1. The van der Waals surface area contributed by atoms with Crippen LogP contribution in [-0.2, 0) is 4.74 Å². The van der Waals surface area contributed by atoms with Crippen molar-refractivity contribution < 1.29 is 9.47 Å². The summed E-state index contributed by atoms with van der Waals surface area (Å²) in [4.78, 5) is 0. The van der Waals surface area contributed by atoms with E-state index in [1.165, 1.54) is 12.0 Å². The fraction of sp³-hybridized carbons (Fsp3) is 0.625. The Morgan fingerprint density at radius 3 is 2.84 bits per heavy atom. The Kier molecular flexibility index (Phi) is 5.67. The average Bonchev–Trinajstić information content (AvgIpc) is 2.67. The topological polar surface area (TPSA) is 30.5 Å². The maximum Gasteiger partial charge on any atom is 0.119 e. The number of ether oxygens (including phenoxy) is 2. The summed E-state index contributed by atoms with van der Waals surface area (Å²) in [5.41, 5.74) is 1.26. The molecule has 0 radical (unpaired) electrons. The highest BCUT2D eigenvalue weighted by Gasteiger charge is 2.14. The van der Waals surface area contributed by atoms with Gasteiger partial charge in [-0.1, -0.05) is 17.7 Å². The highest BCUT2D eigenvalue weighted by atomic mass is 16.5. The van der Waals surface area contributed by atoms with Crippen LogP contribution in [0.25, 0.3) is 0 Å². The van der Waals surface area contributed by atoms with Crippen molar-refractivity contribution in [1.82, 2.24) is 5.32 Å². The van der Waals surface area contributed by atoms with E-state index in [1.807, 2.05) is 12.1 Å². The van der Waals surface area contributed by atoms with E-state index in [9.17, 15) is 0 Å². The first-order chi connectivity index (χ1) is 9.24. The van der Waals surface area contributed by atoms with Crippen LogP contribution in [0.5, 0.6) is 5.75 Å². The quantitative estimate of drug-likeness (QED) is 0.886. The van der Waals surface area contributed by atoms with Gasteiger partial charge in [0.15, 0.2) is 0 Å². The molecule has 1 aliphatic rings. The minimum Gasteiger partial charge on any atom is -0.492 e. The smallest absolute Gasteiger partial charge is 0.119 e. The molecule has 1 aromatic rings. The second kappa shape index (κ2) is 7.51. The van der Waals surface area contributed by atoms with Crippen LogP contribution in [0, 0.1) is 6.92 Å². The Balaban J connectivity index is 1.71. The van der Waals surface area contributed by atoms with Crippen molar-refractivity contribution in [2.45, 2.75) is 45.2 Å². The molecule has 0 aromatic heterocycles. The molecule has 0 saturated carbocycles. The Bertz CT molecular complexity index is 356. The Labute approximate surface area is 116 Å². The largest absolute Gasteiger partial charge is 0.492 e. The van der Waals surface area contributed by atoms with Gasteiger partial charge in [-0.2, -0.15) is 0 Å². The van der Waals surface area contributed by atoms with Crippen molar-refractivity contribution in [2.75, 3.05) is 19.8 Å². The van der Waals surface area contributed by atoms with Gasteiger partial charge in [-0.25, -0.2) is 0 Å². The third kappa shape index (κ3) is 5.21. The fourth-order valence-corrected chi connectivity index (χ4v) is 2.38. The monoisotopic (exact) mass is 263 g/mol. The number of hydrogen-bond donors (Lipinski definition) is 1. The highest BCUT2D eigenvalue weighted by Crippen LogP contribution is 2.12. The standard InChI is InChI=1S/C16H25NO2/c1-13-5-7-16(8-6-13)19-12-14(2)17-15-4-3-10-18-11-9-15/h5-8,14-15,17H,3-4,9-12H2,1-2H3. The van der Waals surface area contributed by atoms with Crippen molar-refractivity contribution in [2.24, 2.45) is 0 Å². The van der Waals surface area contributed by atoms with Crippen LogP contribution in [0.3, 0.4) is 0 Å². The predicted molar refractivity (Wildman–Crippen MR) is 77.7 cm³/mol. The zero-order valence-corrected chi connectivity index (χ0v) is 12.0. The van der Waals surface area contributed by atoms with E-state index < -0.39 is 0 Å². The molecule has 106 valence electrons. The van der Waals surface area contributed by atoms with E-state index in [0.717, 1.165) is 31.8 Å². The summed E-state index contributed by atoms with van der Waals surface area (Å²) in [7, 11) is 0. The normalized spacial score (nSPS) is 21.7. The molecule has 1 aliphatic heterocycles. The molecule has 1 aromatic carbocycles. The molecular formula is C16H25NO2. The van der Waals surface area contributed by atoms with Gasteiger partial charge < -0.3 is 14.8 Å². The van der Waals surface area contributed by atoms with Crippen LogP contribution in [-0.4, -0.2) is 31.9 Å². The molecule has 2 rings (SSSR count). The molecule has 2 atom stereocenters. The molecule has 3 heteroatoms. The summed E-state index contributed by atoms with van der Waals surface area (Å²) in [6.45, 7) is 6.76. The maximum absolute atomic E-state index is 5.80. The molecule has 0 amide bonds. The number of nitrogens with one attached hydrogen (secondary N) is 1. The predicted octanol–water partition coefficient (Wildman–Crippen LogP) is 2.92.